The summed E-state index contributed by atoms with van der Waals surface area (Å²) in [6.07, 6.45) is 2.94. The molecule has 2 amide bonds. The summed E-state index contributed by atoms with van der Waals surface area (Å²) in [6, 6.07) is 14.1. The van der Waals surface area contributed by atoms with E-state index in [-0.39, 0.29) is 17.9 Å². The van der Waals surface area contributed by atoms with Crippen LogP contribution in [0.25, 0.3) is 0 Å². The highest BCUT2D eigenvalue weighted by Gasteiger charge is 2.19. The number of hydrogen-bond donors (Lipinski definition) is 2. The van der Waals surface area contributed by atoms with Crippen molar-refractivity contribution in [3.05, 3.63) is 59.7 Å². The first-order chi connectivity index (χ1) is 14.5. The van der Waals surface area contributed by atoms with Gasteiger partial charge >= 0.3 is 0 Å². The van der Waals surface area contributed by atoms with E-state index in [4.69, 9.17) is 9.47 Å². The molecule has 0 radical (unpaired) electrons. The van der Waals surface area contributed by atoms with Crippen molar-refractivity contribution < 1.29 is 19.1 Å². The summed E-state index contributed by atoms with van der Waals surface area (Å²) in [5.74, 6) is 0.513. The van der Waals surface area contributed by atoms with Crippen LogP contribution in [0.1, 0.15) is 53.8 Å². The fourth-order valence-electron chi connectivity index (χ4n) is 3.27. The van der Waals surface area contributed by atoms with Crippen LogP contribution in [-0.4, -0.2) is 37.7 Å². The van der Waals surface area contributed by atoms with Crippen LogP contribution >= 0.6 is 0 Å². The highest BCUT2D eigenvalue weighted by molar-refractivity contribution is 6.10. The number of para-hydroxylation sites is 2. The number of carbonyl (C=O) groups is 2. The molecule has 30 heavy (non-hydrogen) atoms. The largest absolute Gasteiger partial charge is 0.493 e. The molecule has 160 valence electrons. The smallest absolute Gasteiger partial charge is 0.259 e. The van der Waals surface area contributed by atoms with Crippen molar-refractivity contribution in [3.63, 3.8) is 0 Å². The quantitative estimate of drug-likeness (QED) is 0.647. The van der Waals surface area contributed by atoms with Gasteiger partial charge in [-0.05, 0) is 49.4 Å². The molecule has 2 aromatic rings. The molecule has 2 N–H and O–H groups in total. The van der Waals surface area contributed by atoms with Gasteiger partial charge < -0.3 is 20.1 Å². The van der Waals surface area contributed by atoms with Crippen molar-refractivity contribution in [2.24, 2.45) is 5.92 Å². The molecule has 0 aromatic heterocycles. The summed E-state index contributed by atoms with van der Waals surface area (Å²) < 4.78 is 11.4. The lowest BCUT2D eigenvalue weighted by molar-refractivity contribution is 0.0858. The molecule has 2 aromatic carbocycles. The van der Waals surface area contributed by atoms with Gasteiger partial charge in [-0.2, -0.15) is 0 Å². The molecule has 0 saturated carbocycles. The van der Waals surface area contributed by atoms with Gasteiger partial charge in [0.15, 0.2) is 0 Å². The first-order valence-electron chi connectivity index (χ1n) is 10.6. The van der Waals surface area contributed by atoms with Crippen LogP contribution in [0.5, 0.6) is 5.75 Å². The molecule has 0 bridgehead atoms. The number of nitrogens with one attached hydrogen (secondary N) is 2. The predicted molar refractivity (Wildman–Crippen MR) is 117 cm³/mol. The van der Waals surface area contributed by atoms with Crippen molar-refractivity contribution in [3.8, 4) is 5.75 Å². The highest BCUT2D eigenvalue weighted by atomic mass is 16.5. The van der Waals surface area contributed by atoms with Gasteiger partial charge in [-0.15, -0.1) is 0 Å². The zero-order valence-corrected chi connectivity index (χ0v) is 17.6. The van der Waals surface area contributed by atoms with Gasteiger partial charge in [-0.3, -0.25) is 9.59 Å². The van der Waals surface area contributed by atoms with Crippen molar-refractivity contribution >= 4 is 17.5 Å². The third-order valence-electron chi connectivity index (χ3n) is 5.02. The second kappa shape index (κ2) is 10.8. The first kappa shape index (κ1) is 21.8. The van der Waals surface area contributed by atoms with Gasteiger partial charge in [0.2, 0.25) is 0 Å². The summed E-state index contributed by atoms with van der Waals surface area (Å²) in [4.78, 5) is 25.6. The second-order valence-corrected chi connectivity index (χ2v) is 7.87. The molecule has 1 aliphatic rings. The average Bonchev–Trinajstić information content (AvgIpc) is 3.26. The minimum absolute atomic E-state index is 0.0607. The van der Waals surface area contributed by atoms with Crippen molar-refractivity contribution in [2.45, 2.75) is 39.2 Å². The van der Waals surface area contributed by atoms with Crippen LogP contribution in [0.15, 0.2) is 48.5 Å². The Kier molecular flexibility index (Phi) is 7.85. The van der Waals surface area contributed by atoms with Gasteiger partial charge in [-0.25, -0.2) is 0 Å². The molecule has 1 aliphatic heterocycles. The number of benzene rings is 2. The fraction of sp³-hybridized carbons (Fsp3) is 0.417. The van der Waals surface area contributed by atoms with Gasteiger partial charge in [0, 0.05) is 13.2 Å². The Bertz CT molecular complexity index is 860. The van der Waals surface area contributed by atoms with Crippen LogP contribution in [0.3, 0.4) is 0 Å². The van der Waals surface area contributed by atoms with Crippen LogP contribution < -0.4 is 15.4 Å². The average molecular weight is 411 g/mol. The molecule has 6 heteroatoms. The lowest BCUT2D eigenvalue weighted by Gasteiger charge is -2.15. The normalized spacial score (nSPS) is 15.8. The van der Waals surface area contributed by atoms with Crippen LogP contribution in [0.4, 0.5) is 5.69 Å². The molecule has 0 unspecified atom stereocenters. The SMILES string of the molecule is CC(C)CCOc1ccccc1C(=O)Nc1ccccc1C(=O)NC[C@@H]1CCCO1. The lowest BCUT2D eigenvalue weighted by Crippen LogP contribution is -2.32. The minimum Gasteiger partial charge on any atom is -0.493 e. The van der Waals surface area contributed by atoms with Gasteiger partial charge in [0.1, 0.15) is 5.75 Å². The van der Waals surface area contributed by atoms with E-state index in [9.17, 15) is 9.59 Å². The summed E-state index contributed by atoms with van der Waals surface area (Å²) in [5, 5.41) is 5.77. The maximum Gasteiger partial charge on any atom is 0.259 e. The highest BCUT2D eigenvalue weighted by Crippen LogP contribution is 2.22. The Morgan fingerprint density at radius 2 is 1.80 bits per heavy atom. The van der Waals surface area contributed by atoms with Crippen LogP contribution in [0, 0.1) is 5.92 Å². The monoisotopic (exact) mass is 410 g/mol. The maximum absolute atomic E-state index is 12.9. The van der Waals surface area contributed by atoms with Gasteiger partial charge in [0.25, 0.3) is 11.8 Å². The van der Waals surface area contributed by atoms with E-state index in [2.05, 4.69) is 24.5 Å². The molecule has 1 saturated heterocycles. The lowest BCUT2D eigenvalue weighted by atomic mass is 10.1. The van der Waals surface area contributed by atoms with Crippen LogP contribution in [-0.2, 0) is 4.74 Å². The summed E-state index contributed by atoms with van der Waals surface area (Å²) in [7, 11) is 0. The third kappa shape index (κ3) is 6.07. The molecule has 0 spiro atoms. The Hall–Kier alpha value is -2.86. The zero-order valence-electron chi connectivity index (χ0n) is 17.6. The standard InChI is InChI=1S/C24H30N2O4/c1-17(2)13-15-30-22-12-6-4-10-20(22)24(28)26-21-11-5-3-9-19(21)23(27)25-16-18-8-7-14-29-18/h3-6,9-12,17-18H,7-8,13-16H2,1-2H3,(H,25,27)(H,26,28)/t18-/m0/s1. The van der Waals surface area contributed by atoms with Gasteiger partial charge in [-0.1, -0.05) is 38.1 Å². The number of anilines is 1. The number of rotatable bonds is 9. The predicted octanol–water partition coefficient (Wildman–Crippen LogP) is 4.27. The zero-order chi connectivity index (χ0) is 21.3. The second-order valence-electron chi connectivity index (χ2n) is 7.87. The Morgan fingerprint density at radius 1 is 1.07 bits per heavy atom. The summed E-state index contributed by atoms with van der Waals surface area (Å²) in [5.41, 5.74) is 1.32. The van der Waals surface area contributed by atoms with E-state index >= 15 is 0 Å². The van der Waals surface area contributed by atoms with E-state index in [1.165, 1.54) is 0 Å². The minimum atomic E-state index is -0.311. The van der Waals surface area contributed by atoms with Crippen molar-refractivity contribution in [1.29, 1.82) is 0 Å². The number of amides is 2. The van der Waals surface area contributed by atoms with E-state index in [0.29, 0.717) is 41.6 Å². The molecule has 1 heterocycles. The summed E-state index contributed by atoms with van der Waals surface area (Å²) in [6.45, 7) is 6.01. The van der Waals surface area contributed by atoms with E-state index in [0.717, 1.165) is 25.9 Å². The Balaban J connectivity index is 1.67. The Labute approximate surface area is 178 Å². The number of ether oxygens (including phenoxy) is 2. The molecule has 6 nitrogen and oxygen atoms in total. The first-order valence-corrected chi connectivity index (χ1v) is 10.6. The molecular weight excluding hydrogens is 380 g/mol. The summed E-state index contributed by atoms with van der Waals surface area (Å²) >= 11 is 0. The Morgan fingerprint density at radius 3 is 2.53 bits per heavy atom. The topological polar surface area (TPSA) is 76.7 Å². The molecular formula is C24H30N2O4. The molecule has 1 fully saturated rings. The fourth-order valence-corrected chi connectivity index (χ4v) is 3.27. The van der Waals surface area contributed by atoms with E-state index in [1.807, 2.05) is 6.07 Å². The van der Waals surface area contributed by atoms with Gasteiger partial charge in [0.05, 0.1) is 29.5 Å². The number of hydrogen-bond acceptors (Lipinski definition) is 4. The molecule has 3 rings (SSSR count). The third-order valence-corrected chi connectivity index (χ3v) is 5.02. The van der Waals surface area contributed by atoms with Crippen LogP contribution in [0.2, 0.25) is 0 Å². The van der Waals surface area contributed by atoms with Crippen molar-refractivity contribution in [2.75, 3.05) is 25.1 Å². The molecule has 0 aliphatic carbocycles. The maximum atomic E-state index is 12.9. The van der Waals surface area contributed by atoms with E-state index in [1.54, 1.807) is 42.5 Å². The van der Waals surface area contributed by atoms with Crippen molar-refractivity contribution in [1.82, 2.24) is 5.32 Å². The van der Waals surface area contributed by atoms with E-state index < -0.39 is 0 Å². The number of carbonyl (C=O) groups excluding carboxylic acids is 2. The molecule has 1 atom stereocenters.